The number of nitriles is 1. The van der Waals surface area contributed by atoms with E-state index in [-0.39, 0.29) is 0 Å². The van der Waals surface area contributed by atoms with Crippen LogP contribution in [0.1, 0.15) is 11.4 Å². The van der Waals surface area contributed by atoms with Gasteiger partial charge in [0, 0.05) is 25.9 Å². The zero-order valence-electron chi connectivity index (χ0n) is 11.3. The highest BCUT2D eigenvalue weighted by atomic mass is 16.5. The van der Waals surface area contributed by atoms with Crippen molar-refractivity contribution in [1.82, 2.24) is 9.97 Å². The zero-order chi connectivity index (χ0) is 14.4. The second-order valence-corrected chi connectivity index (χ2v) is 4.06. The molecule has 1 aromatic heterocycles. The van der Waals surface area contributed by atoms with Gasteiger partial charge in [-0.1, -0.05) is 6.07 Å². The Morgan fingerprint density at radius 2 is 2.05 bits per heavy atom. The van der Waals surface area contributed by atoms with Crippen LogP contribution in [0.4, 0.5) is 17.3 Å². The van der Waals surface area contributed by atoms with E-state index in [9.17, 15) is 0 Å². The molecule has 1 aromatic carbocycles. The summed E-state index contributed by atoms with van der Waals surface area (Å²) in [5, 5.41) is 15.0. The van der Waals surface area contributed by atoms with Gasteiger partial charge < -0.3 is 15.4 Å². The van der Waals surface area contributed by atoms with Crippen molar-refractivity contribution in [1.29, 1.82) is 5.26 Å². The highest BCUT2D eigenvalue weighted by Gasteiger charge is 2.04. The number of benzene rings is 1. The molecule has 2 aromatic rings. The monoisotopic (exact) mass is 269 g/mol. The van der Waals surface area contributed by atoms with E-state index in [2.05, 4.69) is 26.7 Å². The summed E-state index contributed by atoms with van der Waals surface area (Å²) in [6.07, 6.45) is 0. The molecule has 0 aliphatic heterocycles. The molecular weight excluding hydrogens is 254 g/mol. The van der Waals surface area contributed by atoms with E-state index >= 15 is 0 Å². The van der Waals surface area contributed by atoms with Crippen molar-refractivity contribution in [3.05, 3.63) is 41.7 Å². The lowest BCUT2D eigenvalue weighted by molar-refractivity contribution is 0.178. The van der Waals surface area contributed by atoms with E-state index in [0.717, 1.165) is 5.69 Å². The molecule has 0 aliphatic carbocycles. The van der Waals surface area contributed by atoms with Crippen molar-refractivity contribution < 1.29 is 4.74 Å². The Morgan fingerprint density at radius 3 is 2.75 bits per heavy atom. The van der Waals surface area contributed by atoms with Gasteiger partial charge in [0.05, 0.1) is 11.6 Å². The van der Waals surface area contributed by atoms with Gasteiger partial charge in [-0.2, -0.15) is 5.26 Å². The van der Waals surface area contributed by atoms with Crippen LogP contribution in [0, 0.1) is 11.3 Å². The molecule has 0 atom stereocenters. The molecule has 0 saturated carbocycles. The Bertz CT molecular complexity index is 636. The molecule has 0 aliphatic rings. The van der Waals surface area contributed by atoms with Gasteiger partial charge in [-0.3, -0.25) is 0 Å². The SMILES string of the molecule is CNc1cc(Nc2cccc(C#N)c2)nc(COC)n1. The average Bonchev–Trinajstić information content (AvgIpc) is 2.47. The molecule has 0 fully saturated rings. The highest BCUT2D eigenvalue weighted by Crippen LogP contribution is 2.18. The fourth-order valence-electron chi connectivity index (χ4n) is 1.70. The lowest BCUT2D eigenvalue weighted by Gasteiger charge is -2.09. The van der Waals surface area contributed by atoms with Crippen LogP contribution in [0.3, 0.4) is 0 Å². The van der Waals surface area contributed by atoms with Crippen LogP contribution in [0.15, 0.2) is 30.3 Å². The topological polar surface area (TPSA) is 82.9 Å². The number of nitrogens with one attached hydrogen (secondary N) is 2. The van der Waals surface area contributed by atoms with Crippen molar-refractivity contribution in [3.8, 4) is 6.07 Å². The molecule has 0 spiro atoms. The summed E-state index contributed by atoms with van der Waals surface area (Å²) in [5.74, 6) is 1.93. The molecule has 0 radical (unpaired) electrons. The third-order valence-corrected chi connectivity index (χ3v) is 2.57. The molecule has 6 nitrogen and oxygen atoms in total. The first-order chi connectivity index (χ1) is 9.75. The lowest BCUT2D eigenvalue weighted by atomic mass is 10.2. The van der Waals surface area contributed by atoms with Crippen LogP contribution in [0.2, 0.25) is 0 Å². The highest BCUT2D eigenvalue weighted by molar-refractivity contribution is 5.60. The predicted octanol–water partition coefficient (Wildman–Crippen LogP) is 2.28. The van der Waals surface area contributed by atoms with E-state index in [1.807, 2.05) is 12.1 Å². The largest absolute Gasteiger partial charge is 0.377 e. The molecule has 102 valence electrons. The van der Waals surface area contributed by atoms with Crippen molar-refractivity contribution >= 4 is 17.3 Å². The van der Waals surface area contributed by atoms with Crippen LogP contribution in [0.25, 0.3) is 0 Å². The maximum Gasteiger partial charge on any atom is 0.158 e. The fourth-order valence-corrected chi connectivity index (χ4v) is 1.70. The first kappa shape index (κ1) is 13.8. The summed E-state index contributed by atoms with van der Waals surface area (Å²) in [5.41, 5.74) is 1.39. The van der Waals surface area contributed by atoms with Crippen LogP contribution in [-0.4, -0.2) is 24.1 Å². The molecular formula is C14H15N5O. The number of methoxy groups -OCH3 is 1. The summed E-state index contributed by atoms with van der Waals surface area (Å²) >= 11 is 0. The third kappa shape index (κ3) is 3.43. The second-order valence-electron chi connectivity index (χ2n) is 4.06. The Morgan fingerprint density at radius 1 is 1.25 bits per heavy atom. The number of hydrogen-bond donors (Lipinski definition) is 2. The number of rotatable bonds is 5. The van der Waals surface area contributed by atoms with Crippen molar-refractivity contribution in [2.24, 2.45) is 0 Å². The lowest BCUT2D eigenvalue weighted by Crippen LogP contribution is -2.04. The molecule has 0 amide bonds. The molecule has 0 saturated heterocycles. The molecule has 0 bridgehead atoms. The summed E-state index contributed by atoms with van der Waals surface area (Å²) < 4.78 is 5.05. The standard InChI is InChI=1S/C14H15N5O/c1-16-12-7-13(19-14(18-12)9-20-2)17-11-5-3-4-10(6-11)8-15/h3-7H,9H2,1-2H3,(H2,16,17,18,19). The fraction of sp³-hybridized carbons (Fsp3) is 0.214. The van der Waals surface area contributed by atoms with Gasteiger partial charge in [-0.25, -0.2) is 9.97 Å². The number of nitrogens with zero attached hydrogens (tertiary/aromatic N) is 3. The summed E-state index contributed by atoms with van der Waals surface area (Å²) in [7, 11) is 3.39. The number of ether oxygens (including phenoxy) is 1. The van der Waals surface area contributed by atoms with Gasteiger partial charge in [0.2, 0.25) is 0 Å². The summed E-state index contributed by atoms with van der Waals surface area (Å²) in [4.78, 5) is 8.63. The summed E-state index contributed by atoms with van der Waals surface area (Å²) in [6, 6.07) is 11.1. The van der Waals surface area contributed by atoms with E-state index in [1.54, 1.807) is 32.4 Å². The first-order valence-corrected chi connectivity index (χ1v) is 6.07. The van der Waals surface area contributed by atoms with Crippen LogP contribution in [0.5, 0.6) is 0 Å². The minimum absolute atomic E-state index is 0.336. The van der Waals surface area contributed by atoms with E-state index in [4.69, 9.17) is 10.00 Å². The normalized spacial score (nSPS) is 9.85. The van der Waals surface area contributed by atoms with Gasteiger partial charge in [0.1, 0.15) is 18.2 Å². The van der Waals surface area contributed by atoms with E-state index in [0.29, 0.717) is 29.6 Å². The van der Waals surface area contributed by atoms with Crippen molar-refractivity contribution in [2.45, 2.75) is 6.61 Å². The van der Waals surface area contributed by atoms with E-state index in [1.165, 1.54) is 0 Å². The summed E-state index contributed by atoms with van der Waals surface area (Å²) in [6.45, 7) is 0.336. The third-order valence-electron chi connectivity index (χ3n) is 2.57. The van der Waals surface area contributed by atoms with Gasteiger partial charge in [-0.15, -0.1) is 0 Å². The number of anilines is 3. The average molecular weight is 269 g/mol. The minimum Gasteiger partial charge on any atom is -0.377 e. The Kier molecular flexibility index (Phi) is 4.47. The van der Waals surface area contributed by atoms with Crippen LogP contribution >= 0.6 is 0 Å². The molecule has 0 unspecified atom stereocenters. The Hall–Kier alpha value is -2.65. The van der Waals surface area contributed by atoms with Gasteiger partial charge in [-0.05, 0) is 18.2 Å². The minimum atomic E-state index is 0.336. The van der Waals surface area contributed by atoms with Gasteiger partial charge in [0.15, 0.2) is 5.82 Å². The van der Waals surface area contributed by atoms with Crippen LogP contribution < -0.4 is 10.6 Å². The molecule has 6 heteroatoms. The molecule has 2 rings (SSSR count). The predicted molar refractivity (Wildman–Crippen MR) is 76.7 cm³/mol. The zero-order valence-corrected chi connectivity index (χ0v) is 11.3. The second kappa shape index (κ2) is 6.50. The number of hydrogen-bond acceptors (Lipinski definition) is 6. The number of aromatic nitrogens is 2. The Balaban J connectivity index is 2.27. The quantitative estimate of drug-likeness (QED) is 0.866. The molecule has 20 heavy (non-hydrogen) atoms. The van der Waals surface area contributed by atoms with Crippen molar-refractivity contribution in [3.63, 3.8) is 0 Å². The van der Waals surface area contributed by atoms with Crippen LogP contribution in [-0.2, 0) is 11.3 Å². The maximum absolute atomic E-state index is 8.89. The molecule has 1 heterocycles. The van der Waals surface area contributed by atoms with Gasteiger partial charge >= 0.3 is 0 Å². The van der Waals surface area contributed by atoms with Crippen molar-refractivity contribution in [2.75, 3.05) is 24.8 Å². The Labute approximate surface area is 117 Å². The first-order valence-electron chi connectivity index (χ1n) is 6.07. The smallest absolute Gasteiger partial charge is 0.158 e. The van der Waals surface area contributed by atoms with Gasteiger partial charge in [0.25, 0.3) is 0 Å². The molecule has 2 N–H and O–H groups in total. The maximum atomic E-state index is 8.89. The van der Waals surface area contributed by atoms with E-state index < -0.39 is 0 Å².